The number of thioether (sulfide) groups is 1. The highest BCUT2D eigenvalue weighted by Crippen LogP contribution is 2.31. The molecule has 0 fully saturated rings. The predicted molar refractivity (Wildman–Crippen MR) is 147 cm³/mol. The summed E-state index contributed by atoms with van der Waals surface area (Å²) in [4.78, 5) is 58.6. The van der Waals surface area contributed by atoms with Crippen LogP contribution in [-0.2, 0) is 24.0 Å². The number of aliphatic carboxylic acids is 1. The number of hydrogen-bond acceptors (Lipinski definition) is 12. The Morgan fingerprint density at radius 2 is 2.08 bits per heavy atom. The number of carboxylic acid groups (broad SMARTS) is 1. The first-order chi connectivity index (χ1) is 17.4. The average molecular weight is 571 g/mol. The minimum absolute atomic E-state index is 0.0227. The Balaban J connectivity index is 1.30. The van der Waals surface area contributed by atoms with Crippen molar-refractivity contribution >= 4 is 89.8 Å². The average Bonchev–Trinajstić information content (AvgIpc) is 3.51. The lowest BCUT2D eigenvalue weighted by Gasteiger charge is -2.15. The number of amides is 1. The number of aldehydes is 1. The Bertz CT molecular complexity index is 1130. The van der Waals surface area contributed by atoms with E-state index in [9.17, 15) is 19.2 Å². The number of thiazole rings is 1. The molecular formula is C22H26N4O6S4. The molecular weight excluding hydrogens is 545 g/mol. The number of nitrogens with one attached hydrogen (secondary N) is 1. The number of carboxylic acids is 1. The highest BCUT2D eigenvalue weighted by atomic mass is 33.1. The second-order valence-corrected chi connectivity index (χ2v) is 12.3. The molecule has 0 spiro atoms. The highest BCUT2D eigenvalue weighted by Gasteiger charge is 2.26. The lowest BCUT2D eigenvalue weighted by molar-refractivity contribution is -0.192. The van der Waals surface area contributed by atoms with Gasteiger partial charge in [0.15, 0.2) is 6.04 Å². The Morgan fingerprint density at radius 3 is 2.83 bits per heavy atom. The van der Waals surface area contributed by atoms with Crippen LogP contribution in [0.1, 0.15) is 30.7 Å². The van der Waals surface area contributed by atoms with E-state index in [-0.39, 0.29) is 19.3 Å². The zero-order valence-electron chi connectivity index (χ0n) is 19.5. The van der Waals surface area contributed by atoms with Crippen molar-refractivity contribution in [1.82, 2.24) is 10.0 Å². The van der Waals surface area contributed by atoms with Crippen molar-refractivity contribution in [2.75, 3.05) is 36.2 Å². The van der Waals surface area contributed by atoms with E-state index in [4.69, 9.17) is 9.94 Å². The number of hydrogen-bond donors (Lipinski definition) is 2. The fourth-order valence-corrected chi connectivity index (χ4v) is 7.10. The number of nitrogens with zero attached hydrogens (tertiary/aromatic N) is 3. The van der Waals surface area contributed by atoms with Gasteiger partial charge in [-0.2, -0.15) is 5.06 Å². The summed E-state index contributed by atoms with van der Waals surface area (Å²) in [5, 5.41) is 14.9. The van der Waals surface area contributed by atoms with Gasteiger partial charge in [-0.15, -0.1) is 23.1 Å². The lowest BCUT2D eigenvalue weighted by Crippen LogP contribution is -2.29. The van der Waals surface area contributed by atoms with E-state index < -0.39 is 23.9 Å². The van der Waals surface area contributed by atoms with Crippen LogP contribution >= 0.6 is 44.7 Å². The molecule has 0 saturated heterocycles. The van der Waals surface area contributed by atoms with Gasteiger partial charge in [-0.3, -0.25) is 9.79 Å². The normalized spacial score (nSPS) is 14.9. The van der Waals surface area contributed by atoms with Crippen LogP contribution in [0.25, 0.3) is 10.2 Å². The van der Waals surface area contributed by atoms with E-state index in [0.717, 1.165) is 44.7 Å². The molecule has 2 heterocycles. The van der Waals surface area contributed by atoms with Crippen LogP contribution in [0.4, 0.5) is 5.69 Å². The summed E-state index contributed by atoms with van der Waals surface area (Å²) in [6.07, 6.45) is 1.91. The van der Waals surface area contributed by atoms with Gasteiger partial charge in [-0.05, 0) is 24.6 Å². The number of aromatic nitrogens is 1. The van der Waals surface area contributed by atoms with Gasteiger partial charge in [-0.1, -0.05) is 21.6 Å². The van der Waals surface area contributed by atoms with Crippen LogP contribution in [0.2, 0.25) is 0 Å². The van der Waals surface area contributed by atoms with Crippen LogP contribution < -0.4 is 5.32 Å². The monoisotopic (exact) mass is 570 g/mol. The van der Waals surface area contributed by atoms with Gasteiger partial charge < -0.3 is 20.1 Å². The standard InChI is InChI=1S/C22H26N4O6S4/c1-26(18(28)4-2-9-27)32-19(29)7-11-35-34-10-3-8-23-14-5-6-15-17(12-14)36-21(24-15)20-25-16(13-33-20)22(30)31/h5-6,9,12,16,23H,2-4,7-8,10-11,13H2,1H3,(H,30,31). The summed E-state index contributed by atoms with van der Waals surface area (Å²) in [5.74, 6) is 0.133. The summed E-state index contributed by atoms with van der Waals surface area (Å²) >= 11 is 2.94. The molecule has 1 amide bonds. The van der Waals surface area contributed by atoms with Crippen molar-refractivity contribution in [3.8, 4) is 0 Å². The first-order valence-electron chi connectivity index (χ1n) is 11.1. The lowest BCUT2D eigenvalue weighted by atomic mass is 10.3. The van der Waals surface area contributed by atoms with Gasteiger partial charge in [0.1, 0.15) is 16.3 Å². The quantitative estimate of drug-likeness (QED) is 0.149. The molecule has 0 bridgehead atoms. The third-order valence-corrected chi connectivity index (χ3v) is 9.48. The molecule has 1 aromatic carbocycles. The molecule has 0 saturated carbocycles. The third kappa shape index (κ3) is 8.68. The van der Waals surface area contributed by atoms with Gasteiger partial charge in [0.2, 0.25) is 0 Å². The molecule has 2 aromatic rings. The van der Waals surface area contributed by atoms with E-state index in [1.807, 2.05) is 18.2 Å². The van der Waals surface area contributed by atoms with Gasteiger partial charge in [0.05, 0.1) is 16.6 Å². The van der Waals surface area contributed by atoms with Crippen LogP contribution in [0, 0.1) is 0 Å². The van der Waals surface area contributed by atoms with E-state index >= 15 is 0 Å². The summed E-state index contributed by atoms with van der Waals surface area (Å²) in [6, 6.07) is 5.27. The number of benzene rings is 1. The SMILES string of the molecule is CN(OC(=O)CCSSCCCNc1ccc2nc(C3=NC(C(=O)O)CS3)sc2c1)C(=O)CCC=O. The Labute approximate surface area is 224 Å². The predicted octanol–water partition coefficient (Wildman–Crippen LogP) is 3.71. The van der Waals surface area contributed by atoms with E-state index in [1.165, 1.54) is 30.1 Å². The molecule has 0 aliphatic carbocycles. The summed E-state index contributed by atoms with van der Waals surface area (Å²) in [5.41, 5.74) is 1.86. The molecule has 3 rings (SSSR count). The van der Waals surface area contributed by atoms with Crippen molar-refractivity contribution in [3.63, 3.8) is 0 Å². The van der Waals surface area contributed by atoms with Crippen LogP contribution in [-0.4, -0.2) is 81.2 Å². The molecule has 2 N–H and O–H groups in total. The first kappa shape index (κ1) is 28.3. The smallest absolute Gasteiger partial charge is 0.333 e. The largest absolute Gasteiger partial charge is 0.480 e. The molecule has 14 heteroatoms. The van der Waals surface area contributed by atoms with E-state index in [1.54, 1.807) is 21.6 Å². The van der Waals surface area contributed by atoms with Crippen molar-refractivity contribution in [3.05, 3.63) is 23.2 Å². The Kier molecular flexibility index (Phi) is 11.4. The minimum Gasteiger partial charge on any atom is -0.480 e. The fraction of sp³-hybridized carbons (Fsp3) is 0.455. The second kappa shape index (κ2) is 14.4. The minimum atomic E-state index is -0.909. The maximum Gasteiger partial charge on any atom is 0.333 e. The second-order valence-electron chi connectivity index (χ2n) is 7.53. The topological polar surface area (TPSA) is 138 Å². The molecule has 1 unspecified atom stereocenters. The molecule has 1 aromatic heterocycles. The molecule has 1 atom stereocenters. The van der Waals surface area contributed by atoms with Crippen LogP contribution in [0.3, 0.4) is 0 Å². The van der Waals surface area contributed by atoms with Crippen molar-refractivity contribution in [2.45, 2.75) is 31.7 Å². The highest BCUT2D eigenvalue weighted by molar-refractivity contribution is 8.76. The molecule has 0 radical (unpaired) electrons. The zero-order valence-corrected chi connectivity index (χ0v) is 22.8. The van der Waals surface area contributed by atoms with Gasteiger partial charge in [0, 0.05) is 49.4 Å². The Morgan fingerprint density at radius 1 is 1.28 bits per heavy atom. The number of carbonyl (C=O) groups is 4. The van der Waals surface area contributed by atoms with Gasteiger partial charge in [0.25, 0.3) is 5.91 Å². The van der Waals surface area contributed by atoms with Gasteiger partial charge in [-0.25, -0.2) is 14.6 Å². The van der Waals surface area contributed by atoms with Crippen LogP contribution in [0.15, 0.2) is 23.2 Å². The summed E-state index contributed by atoms with van der Waals surface area (Å²) in [6.45, 7) is 0.795. The van der Waals surface area contributed by atoms with Crippen molar-refractivity contribution in [1.29, 1.82) is 0 Å². The molecule has 1 aliphatic rings. The third-order valence-electron chi connectivity index (χ3n) is 4.78. The number of carbonyl (C=O) groups excluding carboxylic acids is 3. The van der Waals surface area contributed by atoms with E-state index in [0.29, 0.717) is 22.8 Å². The number of fused-ring (bicyclic) bond motifs is 1. The van der Waals surface area contributed by atoms with E-state index in [2.05, 4.69) is 15.3 Å². The van der Waals surface area contributed by atoms with Crippen molar-refractivity contribution in [2.24, 2.45) is 4.99 Å². The molecule has 1 aliphatic heterocycles. The Hall–Kier alpha value is -2.29. The molecule has 10 nitrogen and oxygen atoms in total. The maximum atomic E-state index is 11.8. The molecule has 194 valence electrons. The molecule has 36 heavy (non-hydrogen) atoms. The number of rotatable bonds is 14. The maximum absolute atomic E-state index is 11.8. The van der Waals surface area contributed by atoms with Crippen LogP contribution in [0.5, 0.6) is 0 Å². The fourth-order valence-electron chi connectivity index (χ4n) is 2.94. The summed E-state index contributed by atoms with van der Waals surface area (Å²) < 4.78 is 1.02. The number of hydroxylamine groups is 2. The van der Waals surface area contributed by atoms with Crippen molar-refractivity contribution < 1.29 is 29.1 Å². The van der Waals surface area contributed by atoms with Gasteiger partial charge >= 0.3 is 11.9 Å². The number of anilines is 1. The zero-order chi connectivity index (χ0) is 25.9. The first-order valence-corrected chi connectivity index (χ1v) is 15.4. The summed E-state index contributed by atoms with van der Waals surface area (Å²) in [7, 11) is 4.62. The number of aliphatic imine (C=N–C) groups is 1.